The van der Waals surface area contributed by atoms with Gasteiger partial charge in [-0.15, -0.1) is 11.3 Å². The molecule has 0 spiro atoms. The molecule has 1 aliphatic rings. The molecule has 1 N–H and O–H groups in total. The molecule has 0 bridgehead atoms. The Balaban J connectivity index is 1.21. The maximum Gasteiger partial charge on any atom is 0.258 e. The maximum absolute atomic E-state index is 12.2. The Morgan fingerprint density at radius 2 is 1.79 bits per heavy atom. The zero-order chi connectivity index (χ0) is 18.9. The first kappa shape index (κ1) is 17.4. The molecule has 1 aliphatic heterocycles. The lowest BCUT2D eigenvalue weighted by Crippen LogP contribution is -2.46. The minimum atomic E-state index is -0.0461. The summed E-state index contributed by atoms with van der Waals surface area (Å²) in [5, 5.41) is 3.35. The van der Waals surface area contributed by atoms with E-state index in [0.717, 1.165) is 50.5 Å². The molecule has 0 saturated carbocycles. The van der Waals surface area contributed by atoms with Crippen molar-refractivity contribution in [2.75, 3.05) is 37.6 Å². The van der Waals surface area contributed by atoms with Crippen LogP contribution in [-0.2, 0) is 6.42 Å². The van der Waals surface area contributed by atoms with Crippen LogP contribution in [0, 0.1) is 0 Å². The van der Waals surface area contributed by atoms with Crippen LogP contribution in [0.25, 0.3) is 21.0 Å². The van der Waals surface area contributed by atoms with Crippen molar-refractivity contribution in [3.63, 3.8) is 0 Å². The van der Waals surface area contributed by atoms with Crippen LogP contribution in [0.15, 0.2) is 59.4 Å². The van der Waals surface area contributed by atoms with Crippen LogP contribution in [0.2, 0.25) is 0 Å². The molecule has 5 nitrogen and oxygen atoms in total. The fraction of sp³-hybridized carbons (Fsp3) is 0.273. The van der Waals surface area contributed by atoms with Crippen LogP contribution < -0.4 is 10.5 Å². The van der Waals surface area contributed by atoms with Crippen molar-refractivity contribution in [2.24, 2.45) is 0 Å². The lowest BCUT2D eigenvalue weighted by Gasteiger charge is -2.35. The highest BCUT2D eigenvalue weighted by Gasteiger charge is 2.19. The minimum Gasteiger partial charge on any atom is -0.361 e. The molecule has 0 radical (unpaired) electrons. The number of benzene rings is 2. The number of nitrogens with zero attached hydrogens (tertiary/aromatic N) is 3. The van der Waals surface area contributed by atoms with Crippen molar-refractivity contribution in [1.82, 2.24) is 14.9 Å². The number of thiophene rings is 1. The van der Waals surface area contributed by atoms with Crippen LogP contribution in [0.4, 0.5) is 5.00 Å². The van der Waals surface area contributed by atoms with Crippen LogP contribution in [0.5, 0.6) is 0 Å². The predicted octanol–water partition coefficient (Wildman–Crippen LogP) is 3.50. The highest BCUT2D eigenvalue weighted by molar-refractivity contribution is 7.22. The van der Waals surface area contributed by atoms with Gasteiger partial charge < -0.3 is 9.88 Å². The van der Waals surface area contributed by atoms with Gasteiger partial charge in [0.25, 0.3) is 5.56 Å². The number of para-hydroxylation sites is 1. The molecule has 4 aromatic rings. The third-order valence-corrected chi connectivity index (χ3v) is 6.60. The fourth-order valence-corrected chi connectivity index (χ4v) is 4.95. The number of H-pyrrole nitrogens is 1. The quantitative estimate of drug-likeness (QED) is 0.579. The van der Waals surface area contributed by atoms with E-state index in [0.29, 0.717) is 5.39 Å². The lowest BCUT2D eigenvalue weighted by molar-refractivity contribution is 0.260. The van der Waals surface area contributed by atoms with E-state index in [9.17, 15) is 4.79 Å². The SMILES string of the molecule is O=c1[nH]c(CCN2CCN(c3cc4ccccc4s3)CC2)nc2ccccc12. The van der Waals surface area contributed by atoms with E-state index in [1.165, 1.54) is 15.1 Å². The molecule has 0 atom stereocenters. The summed E-state index contributed by atoms with van der Waals surface area (Å²) < 4.78 is 1.35. The van der Waals surface area contributed by atoms with Gasteiger partial charge in [0.1, 0.15) is 5.82 Å². The van der Waals surface area contributed by atoms with Gasteiger partial charge in [0.2, 0.25) is 0 Å². The van der Waals surface area contributed by atoms with Crippen molar-refractivity contribution in [2.45, 2.75) is 6.42 Å². The Hall–Kier alpha value is -2.70. The predicted molar refractivity (Wildman–Crippen MR) is 117 cm³/mol. The van der Waals surface area contributed by atoms with Crippen LogP contribution >= 0.6 is 11.3 Å². The standard InChI is InChI=1S/C22H22N4OS/c27-22-17-6-2-3-7-18(17)23-20(24-22)9-10-25-11-13-26(14-12-25)21-15-16-5-1-4-8-19(16)28-21/h1-8,15H,9-14H2,(H,23,24,27). The van der Waals surface area contributed by atoms with E-state index in [2.05, 4.69) is 50.1 Å². The van der Waals surface area contributed by atoms with Gasteiger partial charge in [0.05, 0.1) is 15.9 Å². The number of nitrogens with one attached hydrogen (secondary N) is 1. The third-order valence-electron chi connectivity index (χ3n) is 5.42. The third kappa shape index (κ3) is 3.41. The molecular weight excluding hydrogens is 368 g/mol. The van der Waals surface area contributed by atoms with Gasteiger partial charge in [-0.1, -0.05) is 30.3 Å². The van der Waals surface area contributed by atoms with Gasteiger partial charge in [0, 0.05) is 43.8 Å². The first-order valence-electron chi connectivity index (χ1n) is 9.70. The molecule has 0 amide bonds. The molecule has 2 aromatic carbocycles. The highest BCUT2D eigenvalue weighted by Crippen LogP contribution is 2.32. The van der Waals surface area contributed by atoms with Crippen molar-refractivity contribution in [3.05, 3.63) is 70.8 Å². The molecule has 142 valence electrons. The summed E-state index contributed by atoms with van der Waals surface area (Å²) in [6, 6.07) is 18.4. The number of hydrogen-bond donors (Lipinski definition) is 1. The molecule has 1 fully saturated rings. The summed E-state index contributed by atoms with van der Waals surface area (Å²) in [6.45, 7) is 5.06. The van der Waals surface area contributed by atoms with Crippen molar-refractivity contribution in [3.8, 4) is 0 Å². The first-order chi connectivity index (χ1) is 13.8. The van der Waals surface area contributed by atoms with E-state index >= 15 is 0 Å². The number of fused-ring (bicyclic) bond motifs is 2. The largest absolute Gasteiger partial charge is 0.361 e. The molecule has 2 aromatic heterocycles. The number of aromatic amines is 1. The number of rotatable bonds is 4. The van der Waals surface area contributed by atoms with Crippen molar-refractivity contribution >= 4 is 37.3 Å². The smallest absolute Gasteiger partial charge is 0.258 e. The second-order valence-electron chi connectivity index (χ2n) is 7.23. The molecular formula is C22H22N4OS. The normalized spacial score (nSPS) is 15.5. The second-order valence-corrected chi connectivity index (χ2v) is 8.29. The Kier molecular flexibility index (Phi) is 4.58. The van der Waals surface area contributed by atoms with Crippen LogP contribution in [0.3, 0.4) is 0 Å². The topological polar surface area (TPSA) is 52.2 Å². The minimum absolute atomic E-state index is 0.0461. The summed E-state index contributed by atoms with van der Waals surface area (Å²) in [5.74, 6) is 0.774. The van der Waals surface area contributed by atoms with Crippen LogP contribution in [-0.4, -0.2) is 47.6 Å². The van der Waals surface area contributed by atoms with Gasteiger partial charge in [-0.2, -0.15) is 0 Å². The number of piperazine rings is 1. The van der Waals surface area contributed by atoms with Gasteiger partial charge in [-0.3, -0.25) is 9.69 Å². The molecule has 5 rings (SSSR count). The van der Waals surface area contributed by atoms with Crippen molar-refractivity contribution < 1.29 is 0 Å². The van der Waals surface area contributed by atoms with Gasteiger partial charge >= 0.3 is 0 Å². The lowest BCUT2D eigenvalue weighted by atomic mass is 10.2. The number of hydrogen-bond acceptors (Lipinski definition) is 5. The Morgan fingerprint density at radius 3 is 2.64 bits per heavy atom. The molecule has 0 aliphatic carbocycles. The summed E-state index contributed by atoms with van der Waals surface area (Å²) in [6.07, 6.45) is 0.767. The maximum atomic E-state index is 12.2. The number of anilines is 1. The van der Waals surface area contributed by atoms with Crippen molar-refractivity contribution in [1.29, 1.82) is 0 Å². The van der Waals surface area contributed by atoms with Gasteiger partial charge in [-0.25, -0.2) is 4.98 Å². The van der Waals surface area contributed by atoms with Gasteiger partial charge in [-0.05, 0) is 29.7 Å². The van der Waals surface area contributed by atoms with E-state index in [4.69, 9.17) is 0 Å². The Labute approximate surface area is 167 Å². The summed E-state index contributed by atoms with van der Waals surface area (Å²) in [4.78, 5) is 24.7. The fourth-order valence-electron chi connectivity index (χ4n) is 3.83. The van der Waals surface area contributed by atoms with E-state index in [-0.39, 0.29) is 5.56 Å². The van der Waals surface area contributed by atoms with E-state index < -0.39 is 0 Å². The van der Waals surface area contributed by atoms with Gasteiger partial charge in [0.15, 0.2) is 0 Å². The number of aromatic nitrogens is 2. The summed E-state index contributed by atoms with van der Waals surface area (Å²) in [7, 11) is 0. The van der Waals surface area contributed by atoms with E-state index in [1.54, 1.807) is 0 Å². The summed E-state index contributed by atoms with van der Waals surface area (Å²) >= 11 is 1.88. The first-order valence-corrected chi connectivity index (χ1v) is 10.5. The summed E-state index contributed by atoms with van der Waals surface area (Å²) in [5.41, 5.74) is 0.728. The average molecular weight is 391 g/mol. The average Bonchev–Trinajstić information content (AvgIpc) is 3.17. The molecule has 28 heavy (non-hydrogen) atoms. The molecule has 6 heteroatoms. The highest BCUT2D eigenvalue weighted by atomic mass is 32.1. The Morgan fingerprint density at radius 1 is 1.00 bits per heavy atom. The second kappa shape index (κ2) is 7.37. The zero-order valence-corrected chi connectivity index (χ0v) is 16.4. The van der Waals surface area contributed by atoms with E-state index in [1.807, 2.05) is 35.6 Å². The molecule has 1 saturated heterocycles. The monoisotopic (exact) mass is 390 g/mol. The molecule has 3 heterocycles. The zero-order valence-electron chi connectivity index (χ0n) is 15.6. The Bertz CT molecular complexity index is 1140. The van der Waals surface area contributed by atoms with Crippen LogP contribution in [0.1, 0.15) is 5.82 Å². The molecule has 0 unspecified atom stereocenters.